The fourth-order valence-corrected chi connectivity index (χ4v) is 7.45. The van der Waals surface area contributed by atoms with Gasteiger partial charge in [0.1, 0.15) is 0 Å². The number of carbonyl (C=O) groups is 1. The number of alkyl halides is 3. The Kier molecular flexibility index (Phi) is 14.3. The summed E-state index contributed by atoms with van der Waals surface area (Å²) >= 11 is 6.29. The molecular weight excluding hydrogens is 681 g/mol. The maximum Gasteiger partial charge on any atom is 0.416 e. The van der Waals surface area contributed by atoms with Gasteiger partial charge in [-0.05, 0) is 150 Å². The predicted octanol–water partition coefficient (Wildman–Crippen LogP) is 10.7. The number of nitrogens with zero attached hydrogens (tertiary/aromatic N) is 1. The standard InChI is InChI=1S/C43H52ClF3N4O/c1-7-8-9-38-30(5)28(3)22-34(24-33(38)13-17-41(49)39-25-36(48)15-14-35(44)23-29(39)4)42(52)50-37-16-12-32(40(26-37)43(45,46)47)11-10-31-19-21-51(6)20-18-27(31)2/h7-8,12,14-16,22-24,26-27,29-31,39,48-49H,9-11,18-21,25H2,1-6H3,(H,50,52). The van der Waals surface area contributed by atoms with Crippen molar-refractivity contribution in [3.05, 3.63) is 99.2 Å². The van der Waals surface area contributed by atoms with Crippen LogP contribution >= 0.6 is 11.6 Å². The van der Waals surface area contributed by atoms with E-state index in [9.17, 15) is 18.0 Å². The van der Waals surface area contributed by atoms with Crippen LogP contribution in [-0.2, 0) is 17.4 Å². The van der Waals surface area contributed by atoms with E-state index >= 15 is 0 Å². The summed E-state index contributed by atoms with van der Waals surface area (Å²) in [6, 6.07) is 4.11. The zero-order valence-electron chi connectivity index (χ0n) is 31.2. The monoisotopic (exact) mass is 732 g/mol. The fraction of sp³-hybridized carbons (Fsp3) is 0.465. The van der Waals surface area contributed by atoms with Crippen LogP contribution in [-0.4, -0.2) is 42.4 Å². The van der Waals surface area contributed by atoms with Gasteiger partial charge in [-0.25, -0.2) is 0 Å². The molecule has 5 unspecified atom stereocenters. The molecule has 1 fully saturated rings. The molecule has 9 heteroatoms. The minimum Gasteiger partial charge on any atom is -0.322 e. The van der Waals surface area contributed by atoms with Gasteiger partial charge >= 0.3 is 6.18 Å². The summed E-state index contributed by atoms with van der Waals surface area (Å²) in [4.78, 5) is 16.1. The van der Waals surface area contributed by atoms with Crippen molar-refractivity contribution in [1.82, 2.24) is 4.90 Å². The molecule has 1 aromatic rings. The lowest BCUT2D eigenvalue weighted by molar-refractivity contribution is -0.138. The summed E-state index contributed by atoms with van der Waals surface area (Å²) in [5.74, 6) is 5.91. The number of aryl methyl sites for hydroxylation is 1. The zero-order valence-corrected chi connectivity index (χ0v) is 31.9. The van der Waals surface area contributed by atoms with Crippen LogP contribution in [0.1, 0.15) is 77.8 Å². The Labute approximate surface area is 312 Å². The molecule has 1 aliphatic heterocycles. The molecule has 52 heavy (non-hydrogen) atoms. The minimum atomic E-state index is -4.57. The maximum atomic E-state index is 14.4. The summed E-state index contributed by atoms with van der Waals surface area (Å²) in [6.45, 7) is 12.0. The highest BCUT2D eigenvalue weighted by Gasteiger charge is 2.34. The van der Waals surface area contributed by atoms with E-state index in [1.54, 1.807) is 30.4 Å². The normalized spacial score (nSPS) is 24.8. The summed E-state index contributed by atoms with van der Waals surface area (Å²) < 4.78 is 43.2. The van der Waals surface area contributed by atoms with Crippen molar-refractivity contribution in [3.63, 3.8) is 0 Å². The lowest BCUT2D eigenvalue weighted by Crippen LogP contribution is -2.23. The first-order chi connectivity index (χ1) is 24.6. The quantitative estimate of drug-likeness (QED) is 0.141. The number of rotatable bonds is 8. The second-order valence-corrected chi connectivity index (χ2v) is 15.1. The van der Waals surface area contributed by atoms with Crippen molar-refractivity contribution in [2.75, 3.05) is 25.5 Å². The van der Waals surface area contributed by atoms with Crippen LogP contribution in [0.15, 0.2) is 88.1 Å². The number of benzene rings is 1. The van der Waals surface area contributed by atoms with E-state index in [1.165, 1.54) is 6.07 Å². The average Bonchev–Trinajstić information content (AvgIpc) is 3.32. The molecule has 0 aromatic heterocycles. The second-order valence-electron chi connectivity index (χ2n) is 14.6. The van der Waals surface area contributed by atoms with Crippen LogP contribution < -0.4 is 5.32 Å². The average molecular weight is 733 g/mol. The lowest BCUT2D eigenvalue weighted by atomic mass is 9.83. The first-order valence-electron chi connectivity index (χ1n) is 18.2. The van der Waals surface area contributed by atoms with Gasteiger partial charge < -0.3 is 15.6 Å². The van der Waals surface area contributed by atoms with Crippen molar-refractivity contribution < 1.29 is 18.0 Å². The molecule has 0 spiro atoms. The first-order valence-corrected chi connectivity index (χ1v) is 18.6. The van der Waals surface area contributed by atoms with Crippen LogP contribution in [0.3, 0.4) is 0 Å². The van der Waals surface area contributed by atoms with Gasteiger partial charge in [-0.1, -0.05) is 68.2 Å². The van der Waals surface area contributed by atoms with E-state index in [0.29, 0.717) is 53.8 Å². The Morgan fingerprint density at radius 2 is 1.87 bits per heavy atom. The lowest BCUT2D eigenvalue weighted by Gasteiger charge is -2.22. The van der Waals surface area contributed by atoms with Crippen molar-refractivity contribution in [2.24, 2.45) is 29.6 Å². The Hall–Kier alpha value is -3.93. The van der Waals surface area contributed by atoms with Gasteiger partial charge in [-0.3, -0.25) is 10.2 Å². The van der Waals surface area contributed by atoms with Crippen LogP contribution in [0.4, 0.5) is 18.9 Å². The number of hydrogen-bond acceptors (Lipinski definition) is 4. The number of anilines is 1. The van der Waals surface area contributed by atoms with Crippen molar-refractivity contribution in [2.45, 2.75) is 79.3 Å². The molecular formula is C43H52ClF3N4O. The van der Waals surface area contributed by atoms with E-state index in [0.717, 1.165) is 43.1 Å². The molecule has 5 atom stereocenters. The van der Waals surface area contributed by atoms with E-state index < -0.39 is 17.6 Å². The smallest absolute Gasteiger partial charge is 0.322 e. The van der Waals surface area contributed by atoms with Gasteiger partial charge in [0.25, 0.3) is 5.91 Å². The number of likely N-dealkylation sites (tertiary alicyclic amines) is 1. The van der Waals surface area contributed by atoms with Gasteiger partial charge in [0.15, 0.2) is 0 Å². The molecule has 0 saturated carbocycles. The highest BCUT2D eigenvalue weighted by molar-refractivity contribution is 6.31. The van der Waals surface area contributed by atoms with Gasteiger partial charge in [-0.2, -0.15) is 13.2 Å². The number of halogens is 4. The Morgan fingerprint density at radius 3 is 2.58 bits per heavy atom. The van der Waals surface area contributed by atoms with Gasteiger partial charge in [0.2, 0.25) is 0 Å². The largest absolute Gasteiger partial charge is 0.416 e. The molecule has 0 radical (unpaired) electrons. The van der Waals surface area contributed by atoms with Gasteiger partial charge in [0.05, 0.1) is 11.3 Å². The maximum absolute atomic E-state index is 14.4. The Balaban J connectivity index is 1.63. The molecule has 1 saturated heterocycles. The SMILES string of the molecule is CC=CCC1=C(C#CC(=N)C2CC(=N)C=CC(Cl)=CC2C)C=C(C(=O)Nc2ccc(CCC3CCN(C)CCC3C)c(C(F)(F)F)c2)C=C(C)C1C. The molecule has 3 N–H and O–H groups in total. The third-order valence-corrected chi connectivity index (χ3v) is 11.1. The van der Waals surface area contributed by atoms with E-state index in [4.69, 9.17) is 22.4 Å². The number of amides is 1. The van der Waals surface area contributed by atoms with Crippen LogP contribution in [0.5, 0.6) is 0 Å². The molecule has 4 rings (SSSR count). The van der Waals surface area contributed by atoms with Crippen molar-refractivity contribution >= 4 is 34.6 Å². The molecule has 1 heterocycles. The van der Waals surface area contributed by atoms with Crippen molar-refractivity contribution in [1.29, 1.82) is 10.8 Å². The van der Waals surface area contributed by atoms with E-state index in [1.807, 2.05) is 45.9 Å². The first kappa shape index (κ1) is 40.8. The topological polar surface area (TPSA) is 80.0 Å². The molecule has 3 aliphatic rings. The second kappa shape index (κ2) is 18.2. The summed E-state index contributed by atoms with van der Waals surface area (Å²) in [7, 11) is 2.09. The molecule has 278 valence electrons. The summed E-state index contributed by atoms with van der Waals surface area (Å²) in [5.41, 5.74) is 2.84. The minimum absolute atomic E-state index is 0.0730. The van der Waals surface area contributed by atoms with E-state index in [2.05, 4.69) is 36.0 Å². The van der Waals surface area contributed by atoms with Crippen molar-refractivity contribution in [3.8, 4) is 11.8 Å². The molecule has 5 nitrogen and oxygen atoms in total. The zero-order chi connectivity index (χ0) is 38.2. The highest BCUT2D eigenvalue weighted by Crippen LogP contribution is 2.37. The summed E-state index contributed by atoms with van der Waals surface area (Å²) in [6.07, 6.45) is 11.9. The number of allylic oxidation sites excluding steroid dienone is 10. The fourth-order valence-electron chi connectivity index (χ4n) is 7.18. The van der Waals surface area contributed by atoms with Crippen LogP contribution in [0.2, 0.25) is 0 Å². The Bertz CT molecular complexity index is 1780. The van der Waals surface area contributed by atoms with Gasteiger partial charge in [-0.15, -0.1) is 0 Å². The molecule has 0 bridgehead atoms. The Morgan fingerprint density at radius 1 is 1.13 bits per heavy atom. The number of hydrogen-bond donors (Lipinski definition) is 3. The third-order valence-electron chi connectivity index (χ3n) is 10.8. The number of carbonyl (C=O) groups excluding carboxylic acids is 1. The third kappa shape index (κ3) is 11.0. The summed E-state index contributed by atoms with van der Waals surface area (Å²) in [5, 5.41) is 20.4. The van der Waals surface area contributed by atoms with Crippen LogP contribution in [0, 0.1) is 52.2 Å². The predicted molar refractivity (Wildman–Crippen MR) is 209 cm³/mol. The number of nitrogens with one attached hydrogen (secondary N) is 3. The molecule has 1 amide bonds. The van der Waals surface area contributed by atoms with Gasteiger partial charge in [0, 0.05) is 33.5 Å². The van der Waals surface area contributed by atoms with Crippen LogP contribution in [0.25, 0.3) is 0 Å². The molecule has 2 aliphatic carbocycles. The molecule has 1 aromatic carbocycles. The highest BCUT2D eigenvalue weighted by atomic mass is 35.5. The van der Waals surface area contributed by atoms with E-state index in [-0.39, 0.29) is 40.3 Å².